The smallest absolute Gasteiger partial charge is 0.115 e. The van der Waals surface area contributed by atoms with Crippen LogP contribution in [0.1, 0.15) is 77.3 Å². The van der Waals surface area contributed by atoms with Crippen LogP contribution in [-0.2, 0) is 6.42 Å². The van der Waals surface area contributed by atoms with E-state index in [9.17, 15) is 15.3 Å². The predicted octanol–water partition coefficient (Wildman–Crippen LogP) is 5.79. The van der Waals surface area contributed by atoms with Crippen LogP contribution in [0.5, 0.6) is 5.75 Å². The molecule has 168 valence electrons. The topological polar surface area (TPSA) is 60.7 Å². The van der Waals surface area contributed by atoms with Crippen molar-refractivity contribution >= 4 is 0 Å². The molecule has 0 aliphatic heterocycles. The Hall–Kier alpha value is -1.32. The molecule has 3 heteroatoms. The molecule has 0 heterocycles. The van der Waals surface area contributed by atoms with E-state index in [0.717, 1.165) is 36.8 Å². The molecule has 0 saturated heterocycles. The monoisotopic (exact) mass is 414 g/mol. The highest BCUT2D eigenvalue weighted by Crippen LogP contribution is 2.61. The fourth-order valence-corrected chi connectivity index (χ4v) is 6.54. The van der Waals surface area contributed by atoms with E-state index in [2.05, 4.69) is 39.8 Å². The minimum absolute atomic E-state index is 0.0590. The van der Waals surface area contributed by atoms with E-state index in [1.807, 2.05) is 13.0 Å². The molecule has 0 spiro atoms. The summed E-state index contributed by atoms with van der Waals surface area (Å²) in [5.41, 5.74) is 1.19. The molecule has 6 atom stereocenters. The lowest BCUT2D eigenvalue weighted by Crippen LogP contribution is -2.58. The van der Waals surface area contributed by atoms with E-state index < -0.39 is 11.7 Å². The summed E-state index contributed by atoms with van der Waals surface area (Å²) >= 11 is 0. The molecule has 0 unspecified atom stereocenters. The molecule has 1 aromatic carbocycles. The number of aliphatic hydroxyl groups is 2. The van der Waals surface area contributed by atoms with Crippen molar-refractivity contribution in [1.82, 2.24) is 0 Å². The Balaban J connectivity index is 1.78. The number of aliphatic hydroxyl groups excluding tert-OH is 1. The third-order valence-corrected chi connectivity index (χ3v) is 8.36. The number of benzene rings is 1. The highest BCUT2D eigenvalue weighted by molar-refractivity contribution is 5.34. The largest absolute Gasteiger partial charge is 0.508 e. The summed E-state index contributed by atoms with van der Waals surface area (Å²) in [6.07, 6.45) is 10.1. The van der Waals surface area contributed by atoms with E-state index in [-0.39, 0.29) is 17.1 Å². The molecule has 2 aliphatic rings. The van der Waals surface area contributed by atoms with Crippen molar-refractivity contribution in [3.8, 4) is 5.75 Å². The van der Waals surface area contributed by atoms with Crippen molar-refractivity contribution < 1.29 is 15.3 Å². The van der Waals surface area contributed by atoms with Gasteiger partial charge in [0, 0.05) is 0 Å². The van der Waals surface area contributed by atoms with E-state index in [4.69, 9.17) is 0 Å². The number of hydrogen-bond donors (Lipinski definition) is 3. The SMILES string of the molecule is Cc1ccc(O)cc1CC[C@]1(O)[C@H](O)CC[C@]2(C)[C@@H]([C@H](C)/C=C/CC(C)C)CC[C@H]21. The Bertz CT molecular complexity index is 754. The Morgan fingerprint density at radius 1 is 1.17 bits per heavy atom. The van der Waals surface area contributed by atoms with Crippen molar-refractivity contribution in [2.75, 3.05) is 0 Å². The maximum atomic E-state index is 11.8. The molecule has 3 nitrogen and oxygen atoms in total. The number of aryl methyl sites for hydroxylation is 2. The first-order valence-corrected chi connectivity index (χ1v) is 11.9. The number of allylic oxidation sites excluding steroid dienone is 2. The van der Waals surface area contributed by atoms with Gasteiger partial charge >= 0.3 is 0 Å². The molecule has 2 saturated carbocycles. The maximum Gasteiger partial charge on any atom is 0.115 e. The van der Waals surface area contributed by atoms with Crippen LogP contribution in [0, 0.1) is 36.0 Å². The Morgan fingerprint density at radius 2 is 1.90 bits per heavy atom. The van der Waals surface area contributed by atoms with Gasteiger partial charge in [-0.05, 0) is 104 Å². The number of aromatic hydroxyl groups is 1. The zero-order valence-electron chi connectivity index (χ0n) is 19.6. The summed E-state index contributed by atoms with van der Waals surface area (Å²) < 4.78 is 0. The standard InChI is InChI=1S/C27H42O3/c1-18(2)7-6-8-20(4)23-11-12-24-26(23,5)15-14-25(29)27(24,30)16-13-21-17-22(28)10-9-19(21)3/h6,8-10,17-18,20,23-25,28-30H,7,11-16H2,1-5H3/b8-6+/t20-,23-,24-,25-,26-,27-/m1/s1. The average molecular weight is 415 g/mol. The van der Waals surface area contributed by atoms with Gasteiger partial charge in [-0.1, -0.05) is 45.9 Å². The minimum atomic E-state index is -1.05. The fraction of sp³-hybridized carbons (Fsp3) is 0.704. The summed E-state index contributed by atoms with van der Waals surface area (Å²) in [6.45, 7) is 11.2. The number of fused-ring (bicyclic) bond motifs is 1. The highest BCUT2D eigenvalue weighted by atomic mass is 16.3. The van der Waals surface area contributed by atoms with Gasteiger partial charge in [0.05, 0.1) is 11.7 Å². The number of hydrogen-bond acceptors (Lipinski definition) is 3. The van der Waals surface area contributed by atoms with Gasteiger partial charge in [0.25, 0.3) is 0 Å². The molecule has 0 bridgehead atoms. The molecular weight excluding hydrogens is 372 g/mol. The van der Waals surface area contributed by atoms with E-state index in [1.54, 1.807) is 12.1 Å². The van der Waals surface area contributed by atoms with Gasteiger partial charge < -0.3 is 15.3 Å². The quantitative estimate of drug-likeness (QED) is 0.495. The van der Waals surface area contributed by atoms with E-state index >= 15 is 0 Å². The third-order valence-electron chi connectivity index (χ3n) is 8.36. The lowest BCUT2D eigenvalue weighted by molar-refractivity contribution is -0.180. The first kappa shape index (κ1) is 23.3. The molecule has 3 N–H and O–H groups in total. The van der Waals surface area contributed by atoms with Gasteiger partial charge in [0.1, 0.15) is 5.75 Å². The number of phenols is 1. The van der Waals surface area contributed by atoms with Gasteiger partial charge in [-0.25, -0.2) is 0 Å². The van der Waals surface area contributed by atoms with Crippen LogP contribution in [0.25, 0.3) is 0 Å². The highest BCUT2D eigenvalue weighted by Gasteiger charge is 2.60. The second kappa shape index (κ2) is 9.04. The zero-order chi connectivity index (χ0) is 22.1. The van der Waals surface area contributed by atoms with E-state index in [1.165, 1.54) is 0 Å². The van der Waals surface area contributed by atoms with Crippen molar-refractivity contribution in [2.45, 2.75) is 91.3 Å². The second-order valence-electron chi connectivity index (χ2n) is 10.8. The van der Waals surface area contributed by atoms with Crippen molar-refractivity contribution in [1.29, 1.82) is 0 Å². The summed E-state index contributed by atoms with van der Waals surface area (Å²) in [7, 11) is 0. The van der Waals surface area contributed by atoms with Gasteiger partial charge in [-0.3, -0.25) is 0 Å². The molecule has 0 amide bonds. The lowest BCUT2D eigenvalue weighted by atomic mass is 9.56. The molecule has 1 aromatic rings. The second-order valence-corrected chi connectivity index (χ2v) is 10.8. The molecule has 2 aliphatic carbocycles. The summed E-state index contributed by atoms with van der Waals surface area (Å²) in [5.74, 6) is 2.10. The Labute approximate surface area is 183 Å². The van der Waals surface area contributed by atoms with Gasteiger partial charge in [-0.2, -0.15) is 0 Å². The minimum Gasteiger partial charge on any atom is -0.508 e. The predicted molar refractivity (Wildman–Crippen MR) is 123 cm³/mol. The van der Waals surface area contributed by atoms with Crippen molar-refractivity contribution in [3.05, 3.63) is 41.5 Å². The summed E-state index contributed by atoms with van der Waals surface area (Å²) in [5, 5.41) is 32.6. The molecule has 0 aromatic heterocycles. The van der Waals surface area contributed by atoms with Crippen molar-refractivity contribution in [2.24, 2.45) is 29.1 Å². The Kier molecular flexibility index (Phi) is 7.04. The van der Waals surface area contributed by atoms with Gasteiger partial charge in [0.2, 0.25) is 0 Å². The molecule has 0 radical (unpaired) electrons. The average Bonchev–Trinajstić information content (AvgIpc) is 3.04. The van der Waals surface area contributed by atoms with Crippen LogP contribution >= 0.6 is 0 Å². The molecule has 30 heavy (non-hydrogen) atoms. The number of phenolic OH excluding ortho intramolecular Hbond substituents is 1. The Morgan fingerprint density at radius 3 is 2.60 bits per heavy atom. The van der Waals surface area contributed by atoms with Gasteiger partial charge in [0.15, 0.2) is 0 Å². The fourth-order valence-electron chi connectivity index (χ4n) is 6.54. The van der Waals surface area contributed by atoms with Crippen molar-refractivity contribution in [3.63, 3.8) is 0 Å². The molecular formula is C27H42O3. The molecule has 2 fully saturated rings. The third kappa shape index (κ3) is 4.48. The molecule has 3 rings (SSSR count). The normalized spacial score (nSPS) is 35.1. The van der Waals surface area contributed by atoms with Crippen LogP contribution < -0.4 is 0 Å². The summed E-state index contributed by atoms with van der Waals surface area (Å²) in [6, 6.07) is 5.43. The van der Waals surface area contributed by atoms with Crippen LogP contribution in [-0.4, -0.2) is 27.0 Å². The lowest BCUT2D eigenvalue weighted by Gasteiger charge is -2.53. The maximum absolute atomic E-state index is 11.8. The summed E-state index contributed by atoms with van der Waals surface area (Å²) in [4.78, 5) is 0. The van der Waals surface area contributed by atoms with Crippen LogP contribution in [0.4, 0.5) is 0 Å². The van der Waals surface area contributed by atoms with Crippen LogP contribution in [0.2, 0.25) is 0 Å². The van der Waals surface area contributed by atoms with E-state index in [0.29, 0.717) is 37.0 Å². The number of rotatable bonds is 7. The zero-order valence-corrected chi connectivity index (χ0v) is 19.6. The van der Waals surface area contributed by atoms with Crippen LogP contribution in [0.15, 0.2) is 30.4 Å². The van der Waals surface area contributed by atoms with Crippen LogP contribution in [0.3, 0.4) is 0 Å². The first-order valence-electron chi connectivity index (χ1n) is 11.9. The van der Waals surface area contributed by atoms with Gasteiger partial charge in [-0.15, -0.1) is 0 Å². The first-order chi connectivity index (χ1) is 14.1.